The van der Waals surface area contributed by atoms with Gasteiger partial charge in [-0.1, -0.05) is 24.3 Å². The molecule has 0 radical (unpaired) electrons. The van der Waals surface area contributed by atoms with Crippen LogP contribution in [0.5, 0.6) is 17.2 Å². The van der Waals surface area contributed by atoms with Crippen LogP contribution in [0.1, 0.15) is 24.0 Å². The van der Waals surface area contributed by atoms with Gasteiger partial charge in [0.25, 0.3) is 0 Å². The third kappa shape index (κ3) is 2.20. The molecule has 1 N–H and O–H groups in total. The average molecular weight is 270 g/mol. The fourth-order valence-corrected chi connectivity index (χ4v) is 2.13. The molecule has 0 saturated carbocycles. The molecular weight excluding hydrogens is 256 g/mol. The average Bonchev–Trinajstić information content (AvgIpc) is 2.64. The van der Waals surface area contributed by atoms with Gasteiger partial charge in [0.2, 0.25) is 0 Å². The predicted molar refractivity (Wildman–Crippen MR) is 73.3 cm³/mol. The van der Waals surface area contributed by atoms with Crippen molar-refractivity contribution in [1.82, 2.24) is 0 Å². The van der Waals surface area contributed by atoms with Gasteiger partial charge in [0.1, 0.15) is 12.4 Å². The molecule has 2 aromatic rings. The summed E-state index contributed by atoms with van der Waals surface area (Å²) < 4.78 is 11.6. The summed E-state index contributed by atoms with van der Waals surface area (Å²) in [6, 6.07) is 12.9. The summed E-state index contributed by atoms with van der Waals surface area (Å²) in [6.07, 6.45) is 0. The molecule has 102 valence electrons. The fourth-order valence-electron chi connectivity index (χ4n) is 2.13. The zero-order valence-electron chi connectivity index (χ0n) is 11.0. The van der Waals surface area contributed by atoms with Gasteiger partial charge >= 0.3 is 5.97 Å². The summed E-state index contributed by atoms with van der Waals surface area (Å²) >= 11 is 0. The molecule has 1 unspecified atom stereocenters. The number of aliphatic carboxylic acids is 1. The summed E-state index contributed by atoms with van der Waals surface area (Å²) in [6.45, 7) is 2.09. The van der Waals surface area contributed by atoms with Crippen molar-refractivity contribution in [2.75, 3.05) is 0 Å². The van der Waals surface area contributed by atoms with E-state index in [1.807, 2.05) is 24.3 Å². The van der Waals surface area contributed by atoms with E-state index in [1.54, 1.807) is 25.1 Å². The second-order valence-corrected chi connectivity index (χ2v) is 4.76. The number of benzene rings is 2. The van der Waals surface area contributed by atoms with Crippen molar-refractivity contribution in [1.29, 1.82) is 0 Å². The summed E-state index contributed by atoms with van der Waals surface area (Å²) in [5.41, 5.74) is 1.66. The van der Waals surface area contributed by atoms with E-state index < -0.39 is 11.9 Å². The Hall–Kier alpha value is -2.49. The largest absolute Gasteiger partial charge is 0.485 e. The highest BCUT2D eigenvalue weighted by Gasteiger charge is 2.19. The normalized spacial score (nSPS) is 14.1. The predicted octanol–water partition coefficient (Wildman–Crippen LogP) is 3.56. The second-order valence-electron chi connectivity index (χ2n) is 4.76. The van der Waals surface area contributed by atoms with E-state index in [9.17, 15) is 4.79 Å². The minimum absolute atomic E-state index is 0.441. The molecule has 0 spiro atoms. The molecule has 1 aliphatic rings. The Labute approximate surface area is 116 Å². The number of ether oxygens (including phenoxy) is 2. The molecule has 1 heterocycles. The van der Waals surface area contributed by atoms with Crippen molar-refractivity contribution >= 4 is 5.97 Å². The summed E-state index contributed by atoms with van der Waals surface area (Å²) in [7, 11) is 0. The zero-order valence-corrected chi connectivity index (χ0v) is 11.0. The van der Waals surface area contributed by atoms with Gasteiger partial charge in [0, 0.05) is 5.56 Å². The van der Waals surface area contributed by atoms with Gasteiger partial charge in [-0.25, -0.2) is 0 Å². The van der Waals surface area contributed by atoms with Gasteiger partial charge in [-0.15, -0.1) is 0 Å². The molecule has 2 aromatic carbocycles. The molecule has 4 heteroatoms. The van der Waals surface area contributed by atoms with E-state index in [2.05, 4.69) is 0 Å². The Balaban J connectivity index is 2.00. The van der Waals surface area contributed by atoms with Crippen LogP contribution in [0.3, 0.4) is 0 Å². The monoisotopic (exact) mass is 270 g/mol. The topological polar surface area (TPSA) is 55.8 Å². The Kier molecular flexibility index (Phi) is 3.06. The highest BCUT2D eigenvalue weighted by Crippen LogP contribution is 2.39. The number of carboxylic acid groups (broad SMARTS) is 1. The lowest BCUT2D eigenvalue weighted by Gasteiger charge is -2.11. The van der Waals surface area contributed by atoms with E-state index in [4.69, 9.17) is 14.6 Å². The van der Waals surface area contributed by atoms with Gasteiger partial charge in [-0.05, 0) is 30.7 Å². The Morgan fingerprint density at radius 1 is 1.15 bits per heavy atom. The molecule has 3 rings (SSSR count). The SMILES string of the molecule is CC(C(=O)O)c1ccc2c(c1)Oc1ccccc1CO2. The van der Waals surface area contributed by atoms with Gasteiger partial charge < -0.3 is 14.6 Å². The molecular formula is C16H14O4. The molecule has 0 aromatic heterocycles. The van der Waals surface area contributed by atoms with Crippen molar-refractivity contribution in [2.24, 2.45) is 0 Å². The third-order valence-electron chi connectivity index (χ3n) is 3.41. The standard InChI is InChI=1S/C16H14O4/c1-10(16(17)18)11-6-7-14-15(8-11)20-13-5-3-2-4-12(13)9-19-14/h2-8,10H,9H2,1H3,(H,17,18). The number of hydrogen-bond acceptors (Lipinski definition) is 3. The van der Waals surface area contributed by atoms with Gasteiger partial charge in [0.15, 0.2) is 11.5 Å². The maximum Gasteiger partial charge on any atom is 0.310 e. The van der Waals surface area contributed by atoms with Crippen molar-refractivity contribution in [3.63, 3.8) is 0 Å². The highest BCUT2D eigenvalue weighted by molar-refractivity contribution is 5.76. The molecule has 0 bridgehead atoms. The van der Waals surface area contributed by atoms with Gasteiger partial charge in [-0.2, -0.15) is 0 Å². The highest BCUT2D eigenvalue weighted by atomic mass is 16.5. The van der Waals surface area contributed by atoms with Crippen molar-refractivity contribution in [2.45, 2.75) is 19.4 Å². The van der Waals surface area contributed by atoms with Crippen LogP contribution < -0.4 is 9.47 Å². The maximum absolute atomic E-state index is 11.1. The van der Waals surface area contributed by atoms with Crippen LogP contribution in [0.4, 0.5) is 0 Å². The summed E-state index contributed by atoms with van der Waals surface area (Å²) in [4.78, 5) is 11.1. The molecule has 0 saturated heterocycles. The summed E-state index contributed by atoms with van der Waals surface area (Å²) in [5.74, 6) is 0.483. The van der Waals surface area contributed by atoms with E-state index in [-0.39, 0.29) is 0 Å². The van der Waals surface area contributed by atoms with Crippen LogP contribution >= 0.6 is 0 Å². The smallest absolute Gasteiger partial charge is 0.310 e. The number of para-hydroxylation sites is 1. The van der Waals surface area contributed by atoms with E-state index in [0.29, 0.717) is 23.7 Å². The first-order valence-corrected chi connectivity index (χ1v) is 6.40. The van der Waals surface area contributed by atoms with Crippen LogP contribution in [0.25, 0.3) is 0 Å². The van der Waals surface area contributed by atoms with Gasteiger partial charge in [0.05, 0.1) is 5.92 Å². The van der Waals surface area contributed by atoms with E-state index in [0.717, 1.165) is 11.3 Å². The first kappa shape index (κ1) is 12.5. The first-order valence-electron chi connectivity index (χ1n) is 6.40. The minimum Gasteiger partial charge on any atom is -0.485 e. The van der Waals surface area contributed by atoms with Crippen molar-refractivity contribution in [3.05, 3.63) is 53.6 Å². The molecule has 0 fully saturated rings. The van der Waals surface area contributed by atoms with E-state index >= 15 is 0 Å². The lowest BCUT2D eigenvalue weighted by atomic mass is 10.0. The number of rotatable bonds is 2. The Morgan fingerprint density at radius 3 is 2.75 bits per heavy atom. The number of hydrogen-bond donors (Lipinski definition) is 1. The number of fused-ring (bicyclic) bond motifs is 2. The maximum atomic E-state index is 11.1. The molecule has 1 aliphatic heterocycles. The van der Waals surface area contributed by atoms with Crippen LogP contribution in [0.2, 0.25) is 0 Å². The third-order valence-corrected chi connectivity index (χ3v) is 3.41. The lowest BCUT2D eigenvalue weighted by molar-refractivity contribution is -0.138. The van der Waals surface area contributed by atoms with Crippen molar-refractivity contribution < 1.29 is 19.4 Å². The molecule has 0 amide bonds. The fraction of sp³-hybridized carbons (Fsp3) is 0.188. The molecule has 20 heavy (non-hydrogen) atoms. The van der Waals surface area contributed by atoms with Crippen molar-refractivity contribution in [3.8, 4) is 17.2 Å². The molecule has 0 aliphatic carbocycles. The summed E-state index contributed by atoms with van der Waals surface area (Å²) in [5, 5.41) is 9.08. The Bertz CT molecular complexity index is 663. The van der Waals surface area contributed by atoms with Crippen LogP contribution in [-0.4, -0.2) is 11.1 Å². The lowest BCUT2D eigenvalue weighted by Crippen LogP contribution is -2.07. The van der Waals surface area contributed by atoms with Gasteiger partial charge in [-0.3, -0.25) is 4.79 Å². The number of carboxylic acids is 1. The number of carbonyl (C=O) groups is 1. The minimum atomic E-state index is -0.861. The van der Waals surface area contributed by atoms with Crippen LogP contribution in [0.15, 0.2) is 42.5 Å². The van der Waals surface area contributed by atoms with Crippen LogP contribution in [-0.2, 0) is 11.4 Å². The van der Waals surface area contributed by atoms with E-state index in [1.165, 1.54) is 0 Å². The zero-order chi connectivity index (χ0) is 14.1. The van der Waals surface area contributed by atoms with Crippen LogP contribution in [0, 0.1) is 0 Å². The molecule has 4 nitrogen and oxygen atoms in total. The Morgan fingerprint density at radius 2 is 1.95 bits per heavy atom. The second kappa shape index (κ2) is 4.89. The first-order chi connectivity index (χ1) is 9.65. The quantitative estimate of drug-likeness (QED) is 0.906. The molecule has 1 atom stereocenters.